The number of aromatic nitrogens is 1. The van der Waals surface area contributed by atoms with Gasteiger partial charge in [0.15, 0.2) is 11.5 Å². The summed E-state index contributed by atoms with van der Waals surface area (Å²) in [5.41, 5.74) is 9.28. The Bertz CT molecular complexity index is 627. The van der Waals surface area contributed by atoms with Crippen molar-refractivity contribution < 1.29 is 9.47 Å². The van der Waals surface area contributed by atoms with Gasteiger partial charge in [-0.15, -0.1) is 11.3 Å². The smallest absolute Gasteiger partial charge is 0.205 e. The van der Waals surface area contributed by atoms with Crippen molar-refractivity contribution in [2.24, 2.45) is 5.10 Å². The van der Waals surface area contributed by atoms with E-state index in [2.05, 4.69) is 15.5 Å². The molecule has 7 heteroatoms. The third-order valence-electron chi connectivity index (χ3n) is 2.67. The van der Waals surface area contributed by atoms with Crippen LogP contribution in [-0.4, -0.2) is 24.4 Å². The normalized spacial score (nSPS) is 14.2. The van der Waals surface area contributed by atoms with Crippen molar-refractivity contribution >= 4 is 28.5 Å². The van der Waals surface area contributed by atoms with Crippen LogP contribution in [-0.2, 0) is 0 Å². The zero-order valence-electron chi connectivity index (χ0n) is 10.7. The van der Waals surface area contributed by atoms with Crippen LogP contribution in [0.15, 0.2) is 28.7 Å². The first kappa shape index (κ1) is 12.7. The number of nitrogen functional groups attached to an aromatic ring is 1. The average molecular weight is 290 g/mol. The molecule has 0 aliphatic carbocycles. The van der Waals surface area contributed by atoms with Crippen molar-refractivity contribution in [2.45, 2.75) is 6.42 Å². The highest BCUT2D eigenvalue weighted by atomic mass is 32.1. The van der Waals surface area contributed by atoms with Gasteiger partial charge in [-0.25, -0.2) is 4.98 Å². The van der Waals surface area contributed by atoms with Crippen LogP contribution >= 0.6 is 11.3 Å². The molecule has 3 rings (SSSR count). The summed E-state index contributed by atoms with van der Waals surface area (Å²) in [7, 11) is 0. The summed E-state index contributed by atoms with van der Waals surface area (Å²) in [5, 5.41) is 6.53. The van der Waals surface area contributed by atoms with Gasteiger partial charge in [0.25, 0.3) is 0 Å². The zero-order valence-corrected chi connectivity index (χ0v) is 11.5. The van der Waals surface area contributed by atoms with E-state index in [4.69, 9.17) is 15.2 Å². The number of hydrogen-bond acceptors (Lipinski definition) is 7. The van der Waals surface area contributed by atoms with E-state index in [1.807, 2.05) is 18.2 Å². The van der Waals surface area contributed by atoms with Gasteiger partial charge in [-0.2, -0.15) is 5.10 Å². The van der Waals surface area contributed by atoms with Gasteiger partial charge in [-0.3, -0.25) is 5.43 Å². The molecule has 0 unspecified atom stereocenters. The van der Waals surface area contributed by atoms with E-state index in [-0.39, 0.29) is 0 Å². The molecule has 0 radical (unpaired) electrons. The van der Waals surface area contributed by atoms with Gasteiger partial charge >= 0.3 is 0 Å². The molecule has 6 nitrogen and oxygen atoms in total. The van der Waals surface area contributed by atoms with E-state index in [1.54, 1.807) is 11.6 Å². The third-order valence-corrected chi connectivity index (χ3v) is 3.43. The Morgan fingerprint density at radius 3 is 2.95 bits per heavy atom. The molecule has 0 atom stereocenters. The number of thiazole rings is 1. The number of anilines is 2. The summed E-state index contributed by atoms with van der Waals surface area (Å²) in [6, 6.07) is 5.72. The Hall–Kier alpha value is -2.28. The fourth-order valence-corrected chi connectivity index (χ4v) is 2.31. The maximum absolute atomic E-state index is 5.62. The lowest BCUT2D eigenvalue weighted by atomic mass is 10.2. The number of nitrogens with zero attached hydrogens (tertiary/aromatic N) is 2. The molecule has 0 fully saturated rings. The molecule has 0 saturated heterocycles. The molecule has 2 heterocycles. The van der Waals surface area contributed by atoms with E-state index >= 15 is 0 Å². The predicted octanol–water partition coefficient (Wildman–Crippen LogP) is 2.33. The Labute approximate surface area is 120 Å². The third kappa shape index (κ3) is 3.00. The van der Waals surface area contributed by atoms with E-state index < -0.39 is 0 Å². The first-order chi connectivity index (χ1) is 9.81. The van der Waals surface area contributed by atoms with Gasteiger partial charge in [0.05, 0.1) is 19.4 Å². The molecule has 3 N–H and O–H groups in total. The van der Waals surface area contributed by atoms with Crippen LogP contribution in [0.2, 0.25) is 0 Å². The molecule has 1 aliphatic heterocycles. The van der Waals surface area contributed by atoms with Crippen molar-refractivity contribution in [2.75, 3.05) is 24.4 Å². The molecule has 0 amide bonds. The maximum atomic E-state index is 5.62. The van der Waals surface area contributed by atoms with Crippen LogP contribution in [0.4, 0.5) is 10.9 Å². The molecule has 0 spiro atoms. The lowest BCUT2D eigenvalue weighted by Crippen LogP contribution is -1.97. The summed E-state index contributed by atoms with van der Waals surface area (Å²) in [4.78, 5) is 4.05. The highest BCUT2D eigenvalue weighted by molar-refractivity contribution is 7.14. The Morgan fingerprint density at radius 1 is 1.30 bits per heavy atom. The SMILES string of the molecule is Nc1csc(NN=Cc2ccc3c(c2)OCCCO3)n1. The number of fused-ring (bicyclic) bond motifs is 1. The van der Waals surface area contributed by atoms with Crippen molar-refractivity contribution in [3.63, 3.8) is 0 Å². The summed E-state index contributed by atoms with van der Waals surface area (Å²) in [5.74, 6) is 2.02. The van der Waals surface area contributed by atoms with Crippen molar-refractivity contribution in [1.82, 2.24) is 4.98 Å². The van der Waals surface area contributed by atoms with Crippen LogP contribution in [0.1, 0.15) is 12.0 Å². The molecule has 1 aromatic carbocycles. The topological polar surface area (TPSA) is 81.8 Å². The molecule has 0 bridgehead atoms. The lowest BCUT2D eigenvalue weighted by molar-refractivity contribution is 0.297. The second-order valence-electron chi connectivity index (χ2n) is 4.20. The van der Waals surface area contributed by atoms with E-state index in [0.29, 0.717) is 24.2 Å². The number of nitrogens with one attached hydrogen (secondary N) is 1. The lowest BCUT2D eigenvalue weighted by Gasteiger charge is -2.07. The van der Waals surface area contributed by atoms with Crippen molar-refractivity contribution in [1.29, 1.82) is 0 Å². The van der Waals surface area contributed by atoms with Gasteiger partial charge < -0.3 is 15.2 Å². The monoisotopic (exact) mass is 290 g/mol. The number of benzene rings is 1. The van der Waals surface area contributed by atoms with Gasteiger partial charge in [-0.1, -0.05) is 0 Å². The number of hydrazone groups is 1. The minimum atomic E-state index is 0.489. The van der Waals surface area contributed by atoms with Crippen molar-refractivity contribution in [3.05, 3.63) is 29.1 Å². The van der Waals surface area contributed by atoms with Crippen molar-refractivity contribution in [3.8, 4) is 11.5 Å². The summed E-state index contributed by atoms with van der Waals surface area (Å²) in [6.45, 7) is 1.36. The number of ether oxygens (including phenoxy) is 2. The van der Waals surface area contributed by atoms with E-state index in [9.17, 15) is 0 Å². The van der Waals surface area contributed by atoms with Gasteiger partial charge in [0.1, 0.15) is 5.82 Å². The minimum absolute atomic E-state index is 0.489. The highest BCUT2D eigenvalue weighted by Crippen LogP contribution is 2.29. The first-order valence-electron chi connectivity index (χ1n) is 6.21. The van der Waals surface area contributed by atoms with Crippen LogP contribution in [0.5, 0.6) is 11.5 Å². The van der Waals surface area contributed by atoms with Crippen LogP contribution in [0.3, 0.4) is 0 Å². The molecule has 1 aliphatic rings. The molecule has 20 heavy (non-hydrogen) atoms. The van der Waals surface area contributed by atoms with E-state index in [1.165, 1.54) is 11.3 Å². The predicted molar refractivity (Wildman–Crippen MR) is 79.8 cm³/mol. The summed E-state index contributed by atoms with van der Waals surface area (Å²) < 4.78 is 11.2. The molecule has 104 valence electrons. The first-order valence-corrected chi connectivity index (χ1v) is 7.09. The molecular weight excluding hydrogens is 276 g/mol. The summed E-state index contributed by atoms with van der Waals surface area (Å²) >= 11 is 1.40. The second-order valence-corrected chi connectivity index (χ2v) is 5.06. The fraction of sp³-hybridized carbons (Fsp3) is 0.231. The Balaban J connectivity index is 1.69. The van der Waals surface area contributed by atoms with Crippen LogP contribution in [0, 0.1) is 0 Å². The fourth-order valence-electron chi connectivity index (χ4n) is 1.76. The molecule has 2 aromatic rings. The number of hydrogen-bond donors (Lipinski definition) is 2. The molecular formula is C13H14N4O2S. The quantitative estimate of drug-likeness (QED) is 0.669. The largest absolute Gasteiger partial charge is 0.490 e. The second kappa shape index (κ2) is 5.79. The Morgan fingerprint density at radius 2 is 2.15 bits per heavy atom. The van der Waals surface area contributed by atoms with Gasteiger partial charge in [0, 0.05) is 11.8 Å². The number of nitrogens with two attached hydrogens (primary N) is 1. The average Bonchev–Trinajstić information content (AvgIpc) is 2.73. The molecule has 0 saturated carbocycles. The molecule has 1 aromatic heterocycles. The maximum Gasteiger partial charge on any atom is 0.205 e. The Kier molecular flexibility index (Phi) is 3.69. The highest BCUT2D eigenvalue weighted by Gasteiger charge is 2.09. The van der Waals surface area contributed by atoms with E-state index in [0.717, 1.165) is 23.5 Å². The zero-order chi connectivity index (χ0) is 13.8. The van der Waals surface area contributed by atoms with Gasteiger partial charge in [-0.05, 0) is 23.8 Å². The van der Waals surface area contributed by atoms with Crippen LogP contribution < -0.4 is 20.6 Å². The van der Waals surface area contributed by atoms with Crippen LogP contribution in [0.25, 0.3) is 0 Å². The number of rotatable bonds is 3. The summed E-state index contributed by atoms with van der Waals surface area (Å²) in [6.07, 6.45) is 2.59. The standard InChI is InChI=1S/C13H14N4O2S/c14-12-8-20-13(16-12)17-15-7-9-2-3-10-11(6-9)19-5-1-4-18-10/h2-3,6-8H,1,4-5,14H2,(H,16,17). The van der Waals surface area contributed by atoms with Gasteiger partial charge in [0.2, 0.25) is 5.13 Å². The minimum Gasteiger partial charge on any atom is -0.490 e.